The van der Waals surface area contributed by atoms with Gasteiger partial charge in [0.25, 0.3) is 5.56 Å². The van der Waals surface area contributed by atoms with Crippen molar-refractivity contribution in [1.29, 1.82) is 0 Å². The summed E-state index contributed by atoms with van der Waals surface area (Å²) in [5.41, 5.74) is 0.454. The van der Waals surface area contributed by atoms with Crippen molar-refractivity contribution in [1.82, 2.24) is 18.7 Å². The molecule has 4 rings (SSSR count). The van der Waals surface area contributed by atoms with Crippen LogP contribution in [0.25, 0.3) is 0 Å². The zero-order valence-corrected chi connectivity index (χ0v) is 18.2. The van der Waals surface area contributed by atoms with Gasteiger partial charge in [-0.3, -0.25) is 18.7 Å². The maximum Gasteiger partial charge on any atom is 0.331 e. The number of imidazole rings is 1. The normalized spacial score (nSPS) is 10.8. The zero-order valence-electron chi connectivity index (χ0n) is 17.3. The summed E-state index contributed by atoms with van der Waals surface area (Å²) in [6.07, 6.45) is 5.05. The topological polar surface area (TPSA) is 90.9 Å². The van der Waals surface area contributed by atoms with Crippen molar-refractivity contribution in [3.63, 3.8) is 0 Å². The maximum atomic E-state index is 12.7. The minimum atomic E-state index is -0.529. The second-order valence-electron chi connectivity index (χ2n) is 7.13. The lowest BCUT2D eigenvalue weighted by Gasteiger charge is -2.11. The van der Waals surface area contributed by atoms with Crippen LogP contribution < -0.4 is 16.6 Å². The Morgan fingerprint density at radius 1 is 1.00 bits per heavy atom. The highest BCUT2D eigenvalue weighted by molar-refractivity contribution is 7.99. The average Bonchev–Trinajstić information content (AvgIpc) is 3.19. The van der Waals surface area contributed by atoms with Gasteiger partial charge in [-0.05, 0) is 29.8 Å². The van der Waals surface area contributed by atoms with E-state index in [4.69, 9.17) is 0 Å². The Kier molecular flexibility index (Phi) is 6.37. The molecule has 0 bridgehead atoms. The van der Waals surface area contributed by atoms with Crippen LogP contribution in [0.5, 0.6) is 0 Å². The Hall–Kier alpha value is -3.85. The molecule has 32 heavy (non-hydrogen) atoms. The lowest BCUT2D eigenvalue weighted by Crippen LogP contribution is -2.41. The zero-order chi connectivity index (χ0) is 22.5. The van der Waals surface area contributed by atoms with Gasteiger partial charge in [0.2, 0.25) is 5.91 Å². The molecule has 162 valence electrons. The minimum absolute atomic E-state index is 0.316. The van der Waals surface area contributed by atoms with Crippen LogP contribution in [0, 0.1) is 0 Å². The number of rotatable bonds is 7. The molecule has 2 aromatic carbocycles. The summed E-state index contributed by atoms with van der Waals surface area (Å²) in [5, 5.41) is 3.59. The van der Waals surface area contributed by atoms with E-state index in [-0.39, 0.29) is 6.54 Å². The first-order valence-corrected chi connectivity index (χ1v) is 10.7. The van der Waals surface area contributed by atoms with Gasteiger partial charge in [0.15, 0.2) is 5.16 Å². The van der Waals surface area contributed by atoms with Crippen LogP contribution in [0.1, 0.15) is 5.56 Å². The van der Waals surface area contributed by atoms with Crippen LogP contribution in [0.15, 0.2) is 98.9 Å². The standard InChI is InChI=1S/C23H21N5O3S/c1-26-14-12-24-22(26)32-19-9-7-18(8-10-19)25-20(29)16-28-21(30)11-13-27(23(28)31)15-17-5-3-2-4-6-17/h2-14H,15-16H2,1H3,(H,25,29). The highest BCUT2D eigenvalue weighted by Crippen LogP contribution is 2.26. The summed E-state index contributed by atoms with van der Waals surface area (Å²) in [5.74, 6) is -0.453. The van der Waals surface area contributed by atoms with Gasteiger partial charge in [-0.15, -0.1) is 0 Å². The molecule has 0 fully saturated rings. The highest BCUT2D eigenvalue weighted by atomic mass is 32.2. The van der Waals surface area contributed by atoms with Crippen LogP contribution in [0.2, 0.25) is 0 Å². The van der Waals surface area contributed by atoms with Gasteiger partial charge < -0.3 is 9.88 Å². The van der Waals surface area contributed by atoms with E-state index < -0.39 is 17.2 Å². The smallest absolute Gasteiger partial charge is 0.329 e. The molecule has 0 aliphatic rings. The maximum absolute atomic E-state index is 12.7. The molecule has 1 N–H and O–H groups in total. The molecule has 0 aliphatic carbocycles. The fourth-order valence-corrected chi connectivity index (χ4v) is 3.91. The van der Waals surface area contributed by atoms with E-state index in [0.717, 1.165) is 20.2 Å². The van der Waals surface area contributed by atoms with E-state index in [1.54, 1.807) is 18.3 Å². The predicted octanol–water partition coefficient (Wildman–Crippen LogP) is 2.58. The van der Waals surface area contributed by atoms with Crippen molar-refractivity contribution in [2.75, 3.05) is 5.32 Å². The van der Waals surface area contributed by atoms with Gasteiger partial charge in [0.05, 0.1) is 6.54 Å². The summed E-state index contributed by atoms with van der Waals surface area (Å²) >= 11 is 1.51. The first-order chi connectivity index (χ1) is 15.5. The van der Waals surface area contributed by atoms with Gasteiger partial charge in [0, 0.05) is 42.3 Å². The van der Waals surface area contributed by atoms with Crippen molar-refractivity contribution < 1.29 is 4.79 Å². The van der Waals surface area contributed by atoms with Crippen molar-refractivity contribution in [3.8, 4) is 0 Å². The lowest BCUT2D eigenvalue weighted by molar-refractivity contribution is -0.116. The van der Waals surface area contributed by atoms with Crippen LogP contribution in [0.4, 0.5) is 5.69 Å². The number of hydrogen-bond acceptors (Lipinski definition) is 5. The third-order valence-electron chi connectivity index (χ3n) is 4.76. The number of hydrogen-bond donors (Lipinski definition) is 1. The van der Waals surface area contributed by atoms with Crippen LogP contribution >= 0.6 is 11.8 Å². The number of nitrogens with one attached hydrogen (secondary N) is 1. The fourth-order valence-electron chi connectivity index (χ4n) is 3.11. The lowest BCUT2D eigenvalue weighted by atomic mass is 10.2. The van der Waals surface area contributed by atoms with Gasteiger partial charge in [-0.1, -0.05) is 42.1 Å². The fraction of sp³-hybridized carbons (Fsp3) is 0.130. The second-order valence-corrected chi connectivity index (χ2v) is 8.17. The summed E-state index contributed by atoms with van der Waals surface area (Å²) < 4.78 is 4.26. The van der Waals surface area contributed by atoms with Crippen molar-refractivity contribution in [3.05, 3.63) is 106 Å². The van der Waals surface area contributed by atoms with E-state index in [1.165, 1.54) is 28.6 Å². The molecule has 0 unspecified atom stereocenters. The quantitative estimate of drug-likeness (QED) is 0.470. The van der Waals surface area contributed by atoms with Gasteiger partial charge in [-0.25, -0.2) is 9.78 Å². The molecule has 0 spiro atoms. The van der Waals surface area contributed by atoms with E-state index in [0.29, 0.717) is 12.2 Å². The molecule has 0 radical (unpaired) electrons. The van der Waals surface area contributed by atoms with Crippen LogP contribution in [-0.2, 0) is 24.9 Å². The van der Waals surface area contributed by atoms with E-state index >= 15 is 0 Å². The third kappa shape index (κ3) is 5.06. The predicted molar refractivity (Wildman–Crippen MR) is 123 cm³/mol. The summed E-state index contributed by atoms with van der Waals surface area (Å²) in [6.45, 7) is -0.0478. The molecule has 0 aliphatic heterocycles. The molecule has 2 aromatic heterocycles. The van der Waals surface area contributed by atoms with Crippen LogP contribution in [0.3, 0.4) is 0 Å². The number of benzene rings is 2. The second kappa shape index (κ2) is 9.52. The van der Waals surface area contributed by atoms with E-state index in [9.17, 15) is 14.4 Å². The molecule has 0 saturated carbocycles. The number of amides is 1. The number of aromatic nitrogens is 4. The highest BCUT2D eigenvalue weighted by Gasteiger charge is 2.11. The molecule has 8 nitrogen and oxygen atoms in total. The number of carbonyl (C=O) groups excluding carboxylic acids is 1. The Labute approximate surface area is 188 Å². The summed E-state index contributed by atoms with van der Waals surface area (Å²) in [6, 6.07) is 18.0. The number of carbonyl (C=O) groups is 1. The first kappa shape index (κ1) is 21.4. The van der Waals surface area contributed by atoms with Gasteiger partial charge >= 0.3 is 5.69 Å². The summed E-state index contributed by atoms with van der Waals surface area (Å²) in [7, 11) is 1.92. The Bertz CT molecular complexity index is 1340. The van der Waals surface area contributed by atoms with Crippen molar-refractivity contribution in [2.45, 2.75) is 23.1 Å². The average molecular weight is 448 g/mol. The Balaban J connectivity index is 1.43. The van der Waals surface area contributed by atoms with Crippen LogP contribution in [-0.4, -0.2) is 24.6 Å². The molecule has 1 amide bonds. The van der Waals surface area contributed by atoms with E-state index in [1.807, 2.05) is 60.3 Å². The SMILES string of the molecule is Cn1ccnc1Sc1ccc(NC(=O)Cn2c(=O)ccn(Cc3ccccc3)c2=O)cc1. The molecule has 4 aromatic rings. The molecular formula is C23H21N5O3S. The Morgan fingerprint density at radius 2 is 1.75 bits per heavy atom. The molecule has 0 atom stereocenters. The summed E-state index contributed by atoms with van der Waals surface area (Å²) in [4.78, 5) is 42.7. The largest absolute Gasteiger partial charge is 0.331 e. The number of nitrogens with zero attached hydrogens (tertiary/aromatic N) is 4. The minimum Gasteiger partial charge on any atom is -0.329 e. The van der Waals surface area contributed by atoms with Gasteiger partial charge in [0.1, 0.15) is 6.54 Å². The first-order valence-electron chi connectivity index (χ1n) is 9.89. The number of aryl methyl sites for hydroxylation is 1. The monoisotopic (exact) mass is 447 g/mol. The molecular weight excluding hydrogens is 426 g/mol. The van der Waals surface area contributed by atoms with Gasteiger partial charge in [-0.2, -0.15) is 0 Å². The van der Waals surface area contributed by atoms with Crippen molar-refractivity contribution in [2.24, 2.45) is 7.05 Å². The number of anilines is 1. The Morgan fingerprint density at radius 3 is 2.44 bits per heavy atom. The molecule has 9 heteroatoms. The molecule has 2 heterocycles. The third-order valence-corrected chi connectivity index (χ3v) is 5.85. The van der Waals surface area contributed by atoms with Crippen molar-refractivity contribution >= 4 is 23.4 Å². The van der Waals surface area contributed by atoms with E-state index in [2.05, 4.69) is 10.3 Å². The molecule has 0 saturated heterocycles.